The molecular weight excluding hydrogens is 298 g/mol. The standard InChI is InChI=1S/C20H33N3O/c24-20(11-2-1-4-12-22-13-6-7-14-22)21-17-18-9-8-16-23-15-5-3-10-19(18)23/h6-7,13-14,18-19H,1-5,8-12,15-17H2,(H,21,24). The predicted octanol–water partition coefficient (Wildman–Crippen LogP) is 3.43. The fourth-order valence-corrected chi connectivity index (χ4v) is 4.42. The molecule has 4 heteroatoms. The van der Waals surface area contributed by atoms with Crippen LogP contribution in [0.5, 0.6) is 0 Å². The zero-order valence-corrected chi connectivity index (χ0v) is 15.0. The minimum Gasteiger partial charge on any atom is -0.356 e. The van der Waals surface area contributed by atoms with Gasteiger partial charge in [0.05, 0.1) is 0 Å². The van der Waals surface area contributed by atoms with Crippen molar-refractivity contribution in [1.29, 1.82) is 0 Å². The summed E-state index contributed by atoms with van der Waals surface area (Å²) >= 11 is 0. The van der Waals surface area contributed by atoms with E-state index in [-0.39, 0.29) is 5.91 Å². The number of fused-ring (bicyclic) bond motifs is 1. The van der Waals surface area contributed by atoms with E-state index < -0.39 is 0 Å². The quantitative estimate of drug-likeness (QED) is 0.741. The van der Waals surface area contributed by atoms with Crippen molar-refractivity contribution in [3.8, 4) is 0 Å². The normalized spacial score (nSPS) is 24.5. The first-order chi connectivity index (χ1) is 11.8. The molecule has 2 aliphatic rings. The van der Waals surface area contributed by atoms with E-state index in [2.05, 4.69) is 39.3 Å². The Labute approximate surface area is 146 Å². The molecule has 2 aliphatic heterocycles. The molecule has 4 nitrogen and oxygen atoms in total. The van der Waals surface area contributed by atoms with E-state index in [1.807, 2.05) is 0 Å². The summed E-state index contributed by atoms with van der Waals surface area (Å²) in [5, 5.41) is 3.22. The van der Waals surface area contributed by atoms with Gasteiger partial charge in [-0.25, -0.2) is 0 Å². The van der Waals surface area contributed by atoms with Crippen molar-refractivity contribution in [2.45, 2.75) is 70.4 Å². The van der Waals surface area contributed by atoms with Crippen molar-refractivity contribution in [2.24, 2.45) is 5.92 Å². The number of hydrogen-bond acceptors (Lipinski definition) is 2. The molecule has 1 amide bonds. The molecule has 2 fully saturated rings. The maximum Gasteiger partial charge on any atom is 0.220 e. The van der Waals surface area contributed by atoms with Crippen LogP contribution >= 0.6 is 0 Å². The number of rotatable bonds is 8. The predicted molar refractivity (Wildman–Crippen MR) is 97.8 cm³/mol. The SMILES string of the molecule is O=C(CCCCCn1cccc1)NCC1CCCN2CCCCC12. The van der Waals surface area contributed by atoms with Crippen LogP contribution in [0.15, 0.2) is 24.5 Å². The lowest BCUT2D eigenvalue weighted by atomic mass is 9.83. The molecule has 2 atom stereocenters. The van der Waals surface area contributed by atoms with Gasteiger partial charge in [-0.15, -0.1) is 0 Å². The summed E-state index contributed by atoms with van der Waals surface area (Å²) in [4.78, 5) is 14.8. The molecular formula is C20H33N3O. The van der Waals surface area contributed by atoms with Gasteiger partial charge in [0.25, 0.3) is 0 Å². The van der Waals surface area contributed by atoms with E-state index in [0.29, 0.717) is 12.3 Å². The van der Waals surface area contributed by atoms with Crippen LogP contribution in [0.2, 0.25) is 0 Å². The van der Waals surface area contributed by atoms with Gasteiger partial charge in [0.15, 0.2) is 0 Å². The van der Waals surface area contributed by atoms with Gasteiger partial charge in [0.1, 0.15) is 0 Å². The second-order valence-corrected chi connectivity index (χ2v) is 7.54. The molecule has 0 bridgehead atoms. The Hall–Kier alpha value is -1.29. The molecule has 2 saturated heterocycles. The first kappa shape index (κ1) is 17.5. The third kappa shape index (κ3) is 5.10. The monoisotopic (exact) mass is 331 g/mol. The largest absolute Gasteiger partial charge is 0.356 e. The zero-order chi connectivity index (χ0) is 16.6. The van der Waals surface area contributed by atoms with Gasteiger partial charge < -0.3 is 14.8 Å². The molecule has 0 spiro atoms. The van der Waals surface area contributed by atoms with Crippen LogP contribution in [0.1, 0.15) is 57.8 Å². The Bertz CT molecular complexity index is 483. The summed E-state index contributed by atoms with van der Waals surface area (Å²) in [6.07, 6.45) is 14.8. The van der Waals surface area contributed by atoms with Crippen LogP contribution in [0.25, 0.3) is 0 Å². The minimum absolute atomic E-state index is 0.254. The molecule has 0 radical (unpaired) electrons. The number of unbranched alkanes of at least 4 members (excludes halogenated alkanes) is 2. The van der Waals surface area contributed by atoms with Crippen LogP contribution in [-0.2, 0) is 11.3 Å². The number of piperidine rings is 2. The number of nitrogens with zero attached hydrogens (tertiary/aromatic N) is 2. The lowest BCUT2D eigenvalue weighted by Gasteiger charge is -2.44. The number of nitrogens with one attached hydrogen (secondary N) is 1. The first-order valence-electron chi connectivity index (χ1n) is 9.94. The highest BCUT2D eigenvalue weighted by atomic mass is 16.1. The van der Waals surface area contributed by atoms with Gasteiger partial charge in [-0.05, 0) is 69.7 Å². The number of aromatic nitrogens is 1. The molecule has 1 aromatic rings. The fraction of sp³-hybridized carbons (Fsp3) is 0.750. The molecule has 134 valence electrons. The third-order valence-corrected chi connectivity index (χ3v) is 5.78. The van der Waals surface area contributed by atoms with E-state index >= 15 is 0 Å². The van der Waals surface area contributed by atoms with Crippen LogP contribution in [0, 0.1) is 5.92 Å². The highest BCUT2D eigenvalue weighted by Crippen LogP contribution is 2.30. The Morgan fingerprint density at radius 1 is 1.00 bits per heavy atom. The van der Waals surface area contributed by atoms with E-state index in [9.17, 15) is 4.79 Å². The van der Waals surface area contributed by atoms with Gasteiger partial charge in [0, 0.05) is 37.9 Å². The molecule has 1 aromatic heterocycles. The van der Waals surface area contributed by atoms with Crippen molar-refractivity contribution in [2.75, 3.05) is 19.6 Å². The molecule has 24 heavy (non-hydrogen) atoms. The number of aryl methyl sites for hydroxylation is 1. The van der Waals surface area contributed by atoms with E-state index in [4.69, 9.17) is 0 Å². The maximum atomic E-state index is 12.1. The second-order valence-electron chi connectivity index (χ2n) is 7.54. The Balaban J connectivity index is 1.27. The van der Waals surface area contributed by atoms with Crippen molar-refractivity contribution >= 4 is 5.91 Å². The first-order valence-corrected chi connectivity index (χ1v) is 9.94. The molecule has 0 aromatic carbocycles. The maximum absolute atomic E-state index is 12.1. The van der Waals surface area contributed by atoms with Gasteiger partial charge in [-0.1, -0.05) is 12.8 Å². The van der Waals surface area contributed by atoms with Crippen molar-refractivity contribution in [3.63, 3.8) is 0 Å². The van der Waals surface area contributed by atoms with Gasteiger partial charge in [-0.3, -0.25) is 4.79 Å². The lowest BCUT2D eigenvalue weighted by molar-refractivity contribution is -0.121. The van der Waals surface area contributed by atoms with E-state index in [1.54, 1.807) is 0 Å². The molecule has 1 N–H and O–H groups in total. The van der Waals surface area contributed by atoms with Crippen LogP contribution in [0.4, 0.5) is 0 Å². The fourth-order valence-electron chi connectivity index (χ4n) is 4.42. The zero-order valence-electron chi connectivity index (χ0n) is 15.0. The summed E-state index contributed by atoms with van der Waals surface area (Å²) in [6.45, 7) is 4.50. The Kier molecular flexibility index (Phi) is 6.76. The topological polar surface area (TPSA) is 37.3 Å². The second kappa shape index (κ2) is 9.26. The minimum atomic E-state index is 0.254. The highest BCUT2D eigenvalue weighted by molar-refractivity contribution is 5.75. The summed E-state index contributed by atoms with van der Waals surface area (Å²) in [6, 6.07) is 4.85. The Morgan fingerprint density at radius 3 is 2.71 bits per heavy atom. The van der Waals surface area contributed by atoms with E-state index in [1.165, 1.54) is 45.2 Å². The van der Waals surface area contributed by atoms with Crippen LogP contribution < -0.4 is 5.32 Å². The average molecular weight is 332 g/mol. The van der Waals surface area contributed by atoms with Crippen molar-refractivity contribution in [1.82, 2.24) is 14.8 Å². The Morgan fingerprint density at radius 2 is 1.83 bits per heavy atom. The summed E-state index contributed by atoms with van der Waals surface area (Å²) in [7, 11) is 0. The van der Waals surface area contributed by atoms with Gasteiger partial charge in [-0.2, -0.15) is 0 Å². The smallest absolute Gasteiger partial charge is 0.220 e. The van der Waals surface area contributed by atoms with Crippen LogP contribution in [0.3, 0.4) is 0 Å². The van der Waals surface area contributed by atoms with Crippen LogP contribution in [-0.4, -0.2) is 41.1 Å². The van der Waals surface area contributed by atoms with Gasteiger partial charge >= 0.3 is 0 Å². The number of carbonyl (C=O) groups excluding carboxylic acids is 1. The number of hydrogen-bond donors (Lipinski definition) is 1. The molecule has 3 heterocycles. The molecule has 2 unspecified atom stereocenters. The van der Waals surface area contributed by atoms with Crippen molar-refractivity contribution < 1.29 is 4.79 Å². The van der Waals surface area contributed by atoms with E-state index in [0.717, 1.165) is 38.4 Å². The average Bonchev–Trinajstić information content (AvgIpc) is 3.13. The van der Waals surface area contributed by atoms with Crippen molar-refractivity contribution in [3.05, 3.63) is 24.5 Å². The summed E-state index contributed by atoms with van der Waals surface area (Å²) < 4.78 is 2.21. The number of amides is 1. The molecule has 0 saturated carbocycles. The lowest BCUT2D eigenvalue weighted by Crippen LogP contribution is -2.50. The highest BCUT2D eigenvalue weighted by Gasteiger charge is 2.32. The molecule has 0 aliphatic carbocycles. The summed E-state index contributed by atoms with van der Waals surface area (Å²) in [5.41, 5.74) is 0. The number of carbonyl (C=O) groups is 1. The van der Waals surface area contributed by atoms with Gasteiger partial charge in [0.2, 0.25) is 5.91 Å². The summed E-state index contributed by atoms with van der Waals surface area (Å²) in [5.74, 6) is 0.931. The third-order valence-electron chi connectivity index (χ3n) is 5.78. The molecule has 3 rings (SSSR count).